The number of aliphatic hydroxyl groups excluding tert-OH is 1. The molecule has 0 amide bonds. The zero-order chi connectivity index (χ0) is 21.3. The molecule has 8 heteroatoms. The smallest absolute Gasteiger partial charge is 0.304 e. The van der Waals surface area contributed by atoms with Gasteiger partial charge in [-0.15, -0.1) is 0 Å². The van der Waals surface area contributed by atoms with E-state index in [9.17, 15) is 9.90 Å². The van der Waals surface area contributed by atoms with Crippen LogP contribution in [0.4, 0.5) is 0 Å². The van der Waals surface area contributed by atoms with Gasteiger partial charge in [-0.2, -0.15) is 0 Å². The molecule has 1 fully saturated rings. The van der Waals surface area contributed by atoms with Gasteiger partial charge in [0.15, 0.2) is 0 Å². The second kappa shape index (κ2) is 9.36. The van der Waals surface area contributed by atoms with Gasteiger partial charge in [-0.25, -0.2) is 0 Å². The summed E-state index contributed by atoms with van der Waals surface area (Å²) < 4.78 is 4.28. The number of piperazine rings is 1. The number of aliphatic carboxylic acids is 1. The summed E-state index contributed by atoms with van der Waals surface area (Å²) in [5, 5.41) is 22.0. The maximum atomic E-state index is 10.9. The first-order valence-corrected chi connectivity index (χ1v) is 11.7. The van der Waals surface area contributed by atoms with Gasteiger partial charge in [0.25, 0.3) is 0 Å². The summed E-state index contributed by atoms with van der Waals surface area (Å²) >= 11 is 7.15. The molecule has 30 heavy (non-hydrogen) atoms. The Balaban J connectivity index is 1.46. The maximum Gasteiger partial charge on any atom is 0.304 e. The van der Waals surface area contributed by atoms with Crippen LogP contribution in [-0.2, 0) is 11.3 Å². The van der Waals surface area contributed by atoms with Gasteiger partial charge in [0.1, 0.15) is 0 Å². The lowest BCUT2D eigenvalue weighted by Gasteiger charge is -2.35. The number of rotatable bonds is 7. The predicted molar refractivity (Wildman–Crippen MR) is 126 cm³/mol. The molecule has 6 nitrogen and oxygen atoms in total. The maximum absolute atomic E-state index is 10.9. The second-order valence-corrected chi connectivity index (χ2v) is 9.70. The fraction of sp³-hybridized carbons (Fsp3) is 0.409. The Labute approximate surface area is 192 Å². The van der Waals surface area contributed by atoms with E-state index in [2.05, 4.69) is 70.5 Å². The van der Waals surface area contributed by atoms with Crippen molar-refractivity contribution in [3.05, 3.63) is 45.3 Å². The molecule has 1 saturated heterocycles. The third-order valence-corrected chi connectivity index (χ3v) is 6.74. The molecule has 1 aromatic heterocycles. The number of fused-ring (bicyclic) bond motifs is 3. The Morgan fingerprint density at radius 1 is 0.900 bits per heavy atom. The molecule has 3 aromatic rings. The lowest BCUT2D eigenvalue weighted by Crippen LogP contribution is -2.49. The van der Waals surface area contributed by atoms with Crippen LogP contribution in [0.15, 0.2) is 45.3 Å². The topological polar surface area (TPSA) is 68.9 Å². The minimum atomic E-state index is -0.752. The average molecular weight is 539 g/mol. The molecule has 1 unspecified atom stereocenters. The van der Waals surface area contributed by atoms with Crippen LogP contribution in [0.3, 0.4) is 0 Å². The molecule has 1 aliphatic rings. The van der Waals surface area contributed by atoms with E-state index in [0.717, 1.165) is 46.2 Å². The molecule has 1 aliphatic heterocycles. The van der Waals surface area contributed by atoms with Gasteiger partial charge in [0, 0.05) is 70.0 Å². The lowest BCUT2D eigenvalue weighted by atomic mass is 10.2. The van der Waals surface area contributed by atoms with Crippen LogP contribution in [0.1, 0.15) is 6.42 Å². The van der Waals surface area contributed by atoms with Crippen LogP contribution in [0.25, 0.3) is 21.8 Å². The van der Waals surface area contributed by atoms with E-state index in [1.165, 1.54) is 10.8 Å². The zero-order valence-corrected chi connectivity index (χ0v) is 19.8. The Hall–Kier alpha value is -1.45. The summed E-state index contributed by atoms with van der Waals surface area (Å²) in [6, 6.07) is 12.5. The van der Waals surface area contributed by atoms with Gasteiger partial charge >= 0.3 is 5.97 Å². The third-order valence-electron chi connectivity index (χ3n) is 5.76. The van der Waals surface area contributed by atoms with Crippen LogP contribution in [0.5, 0.6) is 0 Å². The quantitative estimate of drug-likeness (QED) is 0.479. The number of carbonyl (C=O) groups is 1. The summed E-state index contributed by atoms with van der Waals surface area (Å²) in [6.45, 7) is 5.13. The average Bonchev–Trinajstić information content (AvgIpc) is 2.99. The van der Waals surface area contributed by atoms with Crippen LogP contribution in [0.2, 0.25) is 0 Å². The van der Waals surface area contributed by atoms with Crippen molar-refractivity contribution in [2.45, 2.75) is 19.1 Å². The fourth-order valence-electron chi connectivity index (χ4n) is 4.26. The van der Waals surface area contributed by atoms with Crippen molar-refractivity contribution < 1.29 is 15.0 Å². The van der Waals surface area contributed by atoms with Crippen molar-refractivity contribution in [2.75, 3.05) is 39.3 Å². The highest BCUT2D eigenvalue weighted by Gasteiger charge is 2.21. The molecule has 2 N–H and O–H groups in total. The van der Waals surface area contributed by atoms with E-state index >= 15 is 0 Å². The normalized spacial score (nSPS) is 17.0. The number of nitrogens with zero attached hydrogens (tertiary/aromatic N) is 3. The number of β-amino-alcohol motifs (C(OH)–C–C–N with tert-alkyl or cyclic N) is 1. The molecule has 0 spiro atoms. The molecule has 1 atom stereocenters. The Morgan fingerprint density at radius 2 is 1.43 bits per heavy atom. The van der Waals surface area contributed by atoms with E-state index in [1.54, 1.807) is 0 Å². The number of hydrogen-bond donors (Lipinski definition) is 2. The summed E-state index contributed by atoms with van der Waals surface area (Å²) in [7, 11) is 0. The van der Waals surface area contributed by atoms with E-state index in [0.29, 0.717) is 19.6 Å². The highest BCUT2D eigenvalue weighted by atomic mass is 79.9. The SMILES string of the molecule is O=C(O)CCN1CCN(CC(O)Cn2c3ccc(Br)cc3c3cc(Br)ccc32)CC1. The van der Waals surface area contributed by atoms with Gasteiger partial charge < -0.3 is 19.7 Å². The molecular formula is C22H25Br2N3O3. The van der Waals surface area contributed by atoms with Crippen LogP contribution in [0, 0.1) is 0 Å². The molecule has 160 valence electrons. The van der Waals surface area contributed by atoms with E-state index in [1.807, 2.05) is 12.1 Å². The first-order chi connectivity index (χ1) is 14.4. The third kappa shape index (κ3) is 4.89. The first kappa shape index (κ1) is 21.8. The minimum absolute atomic E-state index is 0.183. The summed E-state index contributed by atoms with van der Waals surface area (Å²) in [4.78, 5) is 15.2. The monoisotopic (exact) mass is 537 g/mol. The summed E-state index contributed by atoms with van der Waals surface area (Å²) in [5.41, 5.74) is 2.23. The molecule has 2 heterocycles. The van der Waals surface area contributed by atoms with Crippen LogP contribution in [-0.4, -0.2) is 75.9 Å². The standard InChI is InChI=1S/C22H25Br2N3O3/c23-15-1-3-20-18(11-15)19-12-16(24)2-4-21(19)27(20)14-17(28)13-26-9-7-25(8-10-26)6-5-22(29)30/h1-4,11-12,17,28H,5-10,13-14H2,(H,29,30). The number of carboxylic acids is 1. The van der Waals surface area contributed by atoms with Crippen molar-refractivity contribution >= 4 is 59.6 Å². The van der Waals surface area contributed by atoms with Gasteiger partial charge in [0.05, 0.1) is 19.1 Å². The number of halogens is 2. The minimum Gasteiger partial charge on any atom is -0.481 e. The molecule has 2 aromatic carbocycles. The molecule has 0 bridgehead atoms. The fourth-order valence-corrected chi connectivity index (χ4v) is 4.98. The molecular weight excluding hydrogens is 514 g/mol. The van der Waals surface area contributed by atoms with Crippen molar-refractivity contribution in [1.29, 1.82) is 0 Å². The van der Waals surface area contributed by atoms with Crippen molar-refractivity contribution in [3.63, 3.8) is 0 Å². The molecule has 4 rings (SSSR count). The van der Waals surface area contributed by atoms with Crippen molar-refractivity contribution in [3.8, 4) is 0 Å². The van der Waals surface area contributed by atoms with Crippen molar-refractivity contribution in [1.82, 2.24) is 14.4 Å². The Kier molecular flexibility index (Phi) is 6.79. The number of benzene rings is 2. The highest BCUT2D eigenvalue weighted by Crippen LogP contribution is 2.33. The van der Waals surface area contributed by atoms with Gasteiger partial charge in [-0.05, 0) is 36.4 Å². The van der Waals surface area contributed by atoms with Gasteiger partial charge in [-0.1, -0.05) is 31.9 Å². The zero-order valence-electron chi connectivity index (χ0n) is 16.6. The predicted octanol–water partition coefficient (Wildman–Crippen LogP) is 3.77. The highest BCUT2D eigenvalue weighted by molar-refractivity contribution is 9.10. The Morgan fingerprint density at radius 3 is 1.97 bits per heavy atom. The first-order valence-electron chi connectivity index (χ1n) is 10.1. The van der Waals surface area contributed by atoms with E-state index in [-0.39, 0.29) is 6.42 Å². The van der Waals surface area contributed by atoms with Crippen LogP contribution >= 0.6 is 31.9 Å². The largest absolute Gasteiger partial charge is 0.481 e. The van der Waals surface area contributed by atoms with E-state index in [4.69, 9.17) is 5.11 Å². The van der Waals surface area contributed by atoms with Gasteiger partial charge in [0.2, 0.25) is 0 Å². The van der Waals surface area contributed by atoms with Crippen LogP contribution < -0.4 is 0 Å². The van der Waals surface area contributed by atoms with Crippen molar-refractivity contribution in [2.24, 2.45) is 0 Å². The second-order valence-electron chi connectivity index (χ2n) is 7.87. The Bertz CT molecular complexity index is 1000. The van der Waals surface area contributed by atoms with E-state index < -0.39 is 12.1 Å². The molecule has 0 saturated carbocycles. The number of carboxylic acid groups (broad SMARTS) is 1. The summed E-state index contributed by atoms with van der Waals surface area (Å²) in [5.74, 6) is -0.752. The summed E-state index contributed by atoms with van der Waals surface area (Å²) in [6.07, 6.45) is -0.301. The number of hydrogen-bond acceptors (Lipinski definition) is 4. The lowest BCUT2D eigenvalue weighted by molar-refractivity contribution is -0.137. The van der Waals surface area contributed by atoms with Gasteiger partial charge in [-0.3, -0.25) is 9.69 Å². The molecule has 0 radical (unpaired) electrons. The number of aliphatic hydroxyl groups is 1. The molecule has 0 aliphatic carbocycles. The number of aromatic nitrogens is 1.